The molecule has 1 heterocycles. The van der Waals surface area contributed by atoms with E-state index in [1.165, 1.54) is 56.5 Å². The van der Waals surface area contributed by atoms with E-state index in [1.54, 1.807) is 0 Å². The van der Waals surface area contributed by atoms with E-state index in [4.69, 9.17) is 23.2 Å². The predicted octanol–water partition coefficient (Wildman–Crippen LogP) is 5.98. The van der Waals surface area contributed by atoms with E-state index < -0.39 is 35.1 Å². The number of hydrogen-bond acceptors (Lipinski definition) is 5. The van der Waals surface area contributed by atoms with Gasteiger partial charge in [0, 0.05) is 28.4 Å². The van der Waals surface area contributed by atoms with Gasteiger partial charge in [-0.05, 0) is 59.7 Å². The highest BCUT2D eigenvalue weighted by Crippen LogP contribution is 2.50. The van der Waals surface area contributed by atoms with Gasteiger partial charge in [0.15, 0.2) is 5.60 Å². The standard InChI is InChI=1S/C24H19Cl2F3N2O4/c1-13(23(34,24(27,28)29)16-9-10-30-20(26)11-16)18-8-7-17(12-19(18)25)31-21(32)14-3-5-15(6-4-14)22(33)35-2/h3-13,34H,1-2H3,(H,31,32). The molecule has 3 aromatic rings. The van der Waals surface area contributed by atoms with Gasteiger partial charge in [0.2, 0.25) is 0 Å². The molecule has 0 bridgehead atoms. The maximum Gasteiger partial charge on any atom is 0.422 e. The summed E-state index contributed by atoms with van der Waals surface area (Å²) >= 11 is 12.0. The number of benzene rings is 2. The van der Waals surface area contributed by atoms with E-state index in [2.05, 4.69) is 15.0 Å². The lowest BCUT2D eigenvalue weighted by molar-refractivity contribution is -0.274. The van der Waals surface area contributed by atoms with Crippen molar-refractivity contribution in [2.24, 2.45) is 0 Å². The van der Waals surface area contributed by atoms with Gasteiger partial charge in [-0.2, -0.15) is 13.2 Å². The van der Waals surface area contributed by atoms with Gasteiger partial charge in [0.1, 0.15) is 5.15 Å². The second-order valence-electron chi connectivity index (χ2n) is 7.61. The Morgan fingerprint density at radius 3 is 2.20 bits per heavy atom. The van der Waals surface area contributed by atoms with Crippen LogP contribution in [-0.2, 0) is 10.3 Å². The molecule has 1 amide bonds. The molecule has 0 saturated heterocycles. The Labute approximate surface area is 208 Å². The average molecular weight is 527 g/mol. The average Bonchev–Trinajstić information content (AvgIpc) is 2.82. The van der Waals surface area contributed by atoms with Crippen LogP contribution < -0.4 is 5.32 Å². The lowest BCUT2D eigenvalue weighted by Gasteiger charge is -2.37. The van der Waals surface area contributed by atoms with E-state index in [0.717, 1.165) is 18.3 Å². The van der Waals surface area contributed by atoms with Gasteiger partial charge in [-0.25, -0.2) is 9.78 Å². The third-order valence-corrected chi connectivity index (χ3v) is 6.05. The summed E-state index contributed by atoms with van der Waals surface area (Å²) in [7, 11) is 1.24. The van der Waals surface area contributed by atoms with Crippen molar-refractivity contribution < 1.29 is 32.6 Å². The number of alkyl halides is 3. The molecule has 2 N–H and O–H groups in total. The molecule has 3 rings (SSSR count). The third-order valence-electron chi connectivity index (χ3n) is 5.52. The number of ether oxygens (including phenoxy) is 1. The second kappa shape index (κ2) is 10.2. The Bertz CT molecular complexity index is 1250. The van der Waals surface area contributed by atoms with Crippen LogP contribution in [0.3, 0.4) is 0 Å². The fourth-order valence-corrected chi connectivity index (χ4v) is 4.08. The van der Waals surface area contributed by atoms with E-state index in [0.29, 0.717) is 0 Å². The van der Waals surface area contributed by atoms with Crippen molar-refractivity contribution in [3.63, 3.8) is 0 Å². The molecule has 0 aliphatic heterocycles. The highest BCUT2D eigenvalue weighted by Gasteiger charge is 2.59. The molecular weight excluding hydrogens is 508 g/mol. The fraction of sp³-hybridized carbons (Fsp3) is 0.208. The molecule has 2 atom stereocenters. The Hall–Kier alpha value is -3.14. The summed E-state index contributed by atoms with van der Waals surface area (Å²) in [6.45, 7) is 1.18. The molecule has 184 valence electrons. The zero-order chi connectivity index (χ0) is 26.0. The van der Waals surface area contributed by atoms with Gasteiger partial charge in [-0.3, -0.25) is 4.79 Å². The number of amides is 1. The first-order chi connectivity index (χ1) is 16.4. The number of pyridine rings is 1. The number of rotatable bonds is 6. The third kappa shape index (κ3) is 5.42. The Morgan fingerprint density at radius 2 is 1.66 bits per heavy atom. The minimum absolute atomic E-state index is 0.000133. The molecule has 2 aromatic carbocycles. The predicted molar refractivity (Wildman–Crippen MR) is 125 cm³/mol. The largest absolute Gasteiger partial charge is 0.465 e. The molecular formula is C24H19Cl2F3N2O4. The molecule has 0 aliphatic carbocycles. The molecule has 0 fully saturated rings. The van der Waals surface area contributed by atoms with Crippen LogP contribution in [0.1, 0.15) is 44.7 Å². The zero-order valence-electron chi connectivity index (χ0n) is 18.4. The van der Waals surface area contributed by atoms with Crippen LogP contribution in [0.25, 0.3) is 0 Å². The minimum Gasteiger partial charge on any atom is -0.465 e. The van der Waals surface area contributed by atoms with Crippen molar-refractivity contribution in [3.05, 3.63) is 93.2 Å². The summed E-state index contributed by atoms with van der Waals surface area (Å²) in [5, 5.41) is 13.1. The summed E-state index contributed by atoms with van der Waals surface area (Å²) in [5.74, 6) is -2.62. The van der Waals surface area contributed by atoms with Crippen LogP contribution in [-0.4, -0.2) is 35.3 Å². The van der Waals surface area contributed by atoms with Crippen molar-refractivity contribution >= 4 is 40.8 Å². The number of nitrogens with zero attached hydrogens (tertiary/aromatic N) is 1. The molecule has 2 unspecified atom stereocenters. The first kappa shape index (κ1) is 26.5. The van der Waals surface area contributed by atoms with Gasteiger partial charge in [0.25, 0.3) is 5.91 Å². The van der Waals surface area contributed by atoms with E-state index >= 15 is 0 Å². The van der Waals surface area contributed by atoms with Crippen molar-refractivity contribution in [3.8, 4) is 0 Å². The van der Waals surface area contributed by atoms with Crippen LogP contribution in [0, 0.1) is 0 Å². The lowest BCUT2D eigenvalue weighted by Crippen LogP contribution is -2.46. The quantitative estimate of drug-likeness (QED) is 0.304. The number of carbonyl (C=O) groups is 2. The van der Waals surface area contributed by atoms with Gasteiger partial charge in [-0.15, -0.1) is 0 Å². The van der Waals surface area contributed by atoms with Gasteiger partial charge in [0.05, 0.1) is 12.7 Å². The van der Waals surface area contributed by atoms with Crippen LogP contribution in [0.15, 0.2) is 60.8 Å². The molecule has 1 aromatic heterocycles. The SMILES string of the molecule is COC(=O)c1ccc(C(=O)Nc2ccc(C(C)C(O)(c3ccnc(Cl)c3)C(F)(F)F)c(Cl)c2)cc1. The highest BCUT2D eigenvalue weighted by molar-refractivity contribution is 6.32. The number of halogens is 5. The molecule has 0 saturated carbocycles. The summed E-state index contributed by atoms with van der Waals surface area (Å²) in [5.41, 5.74) is -3.09. The number of aromatic nitrogens is 1. The lowest BCUT2D eigenvalue weighted by atomic mass is 9.78. The van der Waals surface area contributed by atoms with E-state index in [1.807, 2.05) is 0 Å². The summed E-state index contributed by atoms with van der Waals surface area (Å²) in [6, 6.07) is 11.6. The molecule has 35 heavy (non-hydrogen) atoms. The Kier molecular flexibility index (Phi) is 7.74. The topological polar surface area (TPSA) is 88.5 Å². The summed E-state index contributed by atoms with van der Waals surface area (Å²) < 4.78 is 46.9. The van der Waals surface area contributed by atoms with Crippen LogP contribution in [0.2, 0.25) is 10.2 Å². The van der Waals surface area contributed by atoms with Crippen LogP contribution >= 0.6 is 23.2 Å². The van der Waals surface area contributed by atoms with Crippen molar-refractivity contribution in [1.29, 1.82) is 0 Å². The Morgan fingerprint density at radius 1 is 1.03 bits per heavy atom. The number of aliphatic hydroxyl groups is 1. The maximum atomic E-state index is 14.1. The summed E-state index contributed by atoms with van der Waals surface area (Å²) in [6.07, 6.45) is -4.00. The number of anilines is 1. The van der Waals surface area contributed by atoms with E-state index in [9.17, 15) is 27.9 Å². The van der Waals surface area contributed by atoms with Crippen LogP contribution in [0.4, 0.5) is 18.9 Å². The smallest absolute Gasteiger partial charge is 0.422 e. The maximum absolute atomic E-state index is 14.1. The number of nitrogens with one attached hydrogen (secondary N) is 1. The second-order valence-corrected chi connectivity index (χ2v) is 8.41. The number of methoxy groups -OCH3 is 1. The van der Waals surface area contributed by atoms with Gasteiger partial charge in [-0.1, -0.05) is 36.2 Å². The van der Waals surface area contributed by atoms with Gasteiger partial charge < -0.3 is 15.2 Å². The monoisotopic (exact) mass is 526 g/mol. The molecule has 0 spiro atoms. The molecule has 0 radical (unpaired) electrons. The van der Waals surface area contributed by atoms with Crippen LogP contribution in [0.5, 0.6) is 0 Å². The fourth-order valence-electron chi connectivity index (χ4n) is 3.56. The number of carbonyl (C=O) groups excluding carboxylic acids is 2. The minimum atomic E-state index is -5.07. The van der Waals surface area contributed by atoms with Gasteiger partial charge >= 0.3 is 12.1 Å². The van der Waals surface area contributed by atoms with Crippen molar-refractivity contribution in [2.75, 3.05) is 12.4 Å². The van der Waals surface area contributed by atoms with Crippen molar-refractivity contribution in [2.45, 2.75) is 24.6 Å². The normalized spacial score (nSPS) is 14.1. The van der Waals surface area contributed by atoms with Crippen molar-refractivity contribution in [1.82, 2.24) is 4.98 Å². The zero-order valence-corrected chi connectivity index (χ0v) is 19.9. The molecule has 6 nitrogen and oxygen atoms in total. The van der Waals surface area contributed by atoms with E-state index in [-0.39, 0.29) is 32.6 Å². The number of esters is 1. The molecule has 11 heteroatoms. The highest BCUT2D eigenvalue weighted by atomic mass is 35.5. The Balaban J connectivity index is 1.87. The first-order valence-electron chi connectivity index (χ1n) is 10.1. The first-order valence-corrected chi connectivity index (χ1v) is 10.8. The summed E-state index contributed by atoms with van der Waals surface area (Å²) in [4.78, 5) is 27.7. The molecule has 0 aliphatic rings. The number of hydrogen-bond donors (Lipinski definition) is 2.